The van der Waals surface area contributed by atoms with Crippen LogP contribution in [0.3, 0.4) is 0 Å². The van der Waals surface area contributed by atoms with Crippen molar-refractivity contribution in [1.29, 1.82) is 0 Å². The molecule has 0 aliphatic carbocycles. The van der Waals surface area contributed by atoms with Crippen LogP contribution in [0.15, 0.2) is 83.8 Å². The summed E-state index contributed by atoms with van der Waals surface area (Å²) in [6, 6.07) is 21.1. The highest BCUT2D eigenvalue weighted by atomic mass is 35.5. The molecule has 0 saturated carbocycles. The van der Waals surface area contributed by atoms with Gasteiger partial charge in [0, 0.05) is 13.6 Å². The van der Waals surface area contributed by atoms with Crippen molar-refractivity contribution >= 4 is 50.7 Å². The van der Waals surface area contributed by atoms with E-state index in [9.17, 15) is 18.0 Å². The normalized spacial score (nSPS) is 12.0. The summed E-state index contributed by atoms with van der Waals surface area (Å²) in [4.78, 5) is 27.9. The number of nitrogens with zero attached hydrogens (tertiary/aromatic N) is 2. The summed E-state index contributed by atoms with van der Waals surface area (Å²) in [5, 5.41) is 2.76. The number of sulfonamides is 1. The van der Waals surface area contributed by atoms with E-state index in [0.29, 0.717) is 12.8 Å². The number of nitrogens with one attached hydrogen (secondary N) is 1. The minimum absolute atomic E-state index is 0.00523. The maximum atomic E-state index is 13.8. The van der Waals surface area contributed by atoms with Gasteiger partial charge in [0.1, 0.15) is 12.6 Å². The summed E-state index contributed by atoms with van der Waals surface area (Å²) >= 11 is 12.6. The molecule has 3 rings (SSSR count). The molecule has 1 N–H and O–H groups in total. The van der Waals surface area contributed by atoms with Gasteiger partial charge in [-0.25, -0.2) is 8.42 Å². The molecular formula is C27H29Cl2N3O4S. The second-order valence-electron chi connectivity index (χ2n) is 8.26. The van der Waals surface area contributed by atoms with Crippen LogP contribution in [0.2, 0.25) is 10.0 Å². The topological polar surface area (TPSA) is 86.8 Å². The molecule has 0 radical (unpaired) electrons. The number of hydrogen-bond acceptors (Lipinski definition) is 4. The molecule has 0 heterocycles. The number of hydrogen-bond donors (Lipinski definition) is 1. The zero-order valence-electron chi connectivity index (χ0n) is 20.6. The lowest BCUT2D eigenvalue weighted by atomic mass is 10.1. The Balaban J connectivity index is 2.03. The molecule has 3 aromatic rings. The largest absolute Gasteiger partial charge is 0.357 e. The van der Waals surface area contributed by atoms with E-state index in [2.05, 4.69) is 5.32 Å². The first-order chi connectivity index (χ1) is 17.7. The third-order valence-corrected chi connectivity index (χ3v) is 8.51. The fraction of sp³-hybridized carbons (Fsp3) is 0.259. The van der Waals surface area contributed by atoms with Crippen LogP contribution in [0, 0.1) is 0 Å². The number of halogens is 2. The summed E-state index contributed by atoms with van der Waals surface area (Å²) in [6.45, 7) is 1.45. The van der Waals surface area contributed by atoms with Crippen LogP contribution >= 0.6 is 23.2 Å². The SMILES string of the molecule is CCC(C(=O)NC)N(CCc1ccccc1)C(=O)CN(c1cccc(Cl)c1Cl)S(=O)(=O)c1ccccc1. The quantitative estimate of drug-likeness (QED) is 0.364. The Morgan fingerprint density at radius 2 is 1.54 bits per heavy atom. The van der Waals surface area contributed by atoms with E-state index in [4.69, 9.17) is 23.2 Å². The zero-order chi connectivity index (χ0) is 27.0. The first-order valence-electron chi connectivity index (χ1n) is 11.8. The molecule has 0 bridgehead atoms. The number of anilines is 1. The maximum absolute atomic E-state index is 13.8. The molecule has 0 fully saturated rings. The molecule has 0 spiro atoms. The molecule has 2 amide bonds. The molecule has 0 aromatic heterocycles. The van der Waals surface area contributed by atoms with Gasteiger partial charge in [-0.05, 0) is 42.7 Å². The summed E-state index contributed by atoms with van der Waals surface area (Å²) in [7, 11) is -2.70. The van der Waals surface area contributed by atoms with E-state index < -0.39 is 28.5 Å². The lowest BCUT2D eigenvalue weighted by molar-refractivity contribution is -0.139. The minimum atomic E-state index is -4.21. The van der Waals surface area contributed by atoms with Crippen molar-refractivity contribution in [2.24, 2.45) is 0 Å². The highest BCUT2D eigenvalue weighted by Gasteiger charge is 2.34. The van der Waals surface area contributed by atoms with Gasteiger partial charge in [0.25, 0.3) is 10.0 Å². The van der Waals surface area contributed by atoms with E-state index in [1.807, 2.05) is 30.3 Å². The molecule has 1 unspecified atom stereocenters. The van der Waals surface area contributed by atoms with Crippen LogP contribution in [0.1, 0.15) is 18.9 Å². The molecule has 10 heteroatoms. The molecule has 0 aliphatic rings. The van der Waals surface area contributed by atoms with Gasteiger partial charge in [-0.15, -0.1) is 0 Å². The predicted octanol–water partition coefficient (Wildman–Crippen LogP) is 4.78. The average molecular weight is 563 g/mol. The molecule has 0 aliphatic heterocycles. The standard InChI is InChI=1S/C27H29Cl2N3O4S/c1-3-23(27(34)30-2)31(18-17-20-11-6-4-7-12-20)25(33)19-32(24-16-10-15-22(28)26(24)29)37(35,36)21-13-8-5-9-14-21/h4-16,23H,3,17-19H2,1-2H3,(H,30,34). The Kier molecular flexibility index (Phi) is 9.97. The van der Waals surface area contributed by atoms with Gasteiger partial charge in [0.15, 0.2) is 0 Å². The first kappa shape index (κ1) is 28.5. The third-order valence-electron chi connectivity index (χ3n) is 5.93. The third kappa shape index (κ3) is 6.83. The Labute approximate surface area is 228 Å². The number of carbonyl (C=O) groups excluding carboxylic acids is 2. The van der Waals surface area contributed by atoms with Gasteiger partial charge in [0.2, 0.25) is 11.8 Å². The van der Waals surface area contributed by atoms with Gasteiger partial charge in [-0.2, -0.15) is 0 Å². The van der Waals surface area contributed by atoms with E-state index in [1.165, 1.54) is 36.2 Å². The molecule has 3 aromatic carbocycles. The first-order valence-corrected chi connectivity index (χ1v) is 14.0. The highest BCUT2D eigenvalue weighted by molar-refractivity contribution is 7.92. The Bertz CT molecular complexity index is 1320. The fourth-order valence-corrected chi connectivity index (χ4v) is 5.88. The molecule has 196 valence electrons. The average Bonchev–Trinajstić information content (AvgIpc) is 2.92. The summed E-state index contributed by atoms with van der Waals surface area (Å²) in [6.07, 6.45) is 0.840. The minimum Gasteiger partial charge on any atom is -0.357 e. The molecular weight excluding hydrogens is 533 g/mol. The smallest absolute Gasteiger partial charge is 0.264 e. The van der Waals surface area contributed by atoms with Gasteiger partial charge in [-0.1, -0.05) is 84.7 Å². The monoisotopic (exact) mass is 561 g/mol. The van der Waals surface area contributed by atoms with Crippen molar-refractivity contribution in [3.63, 3.8) is 0 Å². The summed E-state index contributed by atoms with van der Waals surface area (Å²) in [5.74, 6) is -0.871. The van der Waals surface area contributed by atoms with E-state index in [1.54, 1.807) is 31.2 Å². The van der Waals surface area contributed by atoms with Gasteiger partial charge >= 0.3 is 0 Å². The van der Waals surface area contributed by atoms with Crippen LogP contribution in [0.25, 0.3) is 0 Å². The van der Waals surface area contributed by atoms with Crippen molar-refractivity contribution in [2.75, 3.05) is 24.4 Å². The Morgan fingerprint density at radius 1 is 0.919 bits per heavy atom. The van der Waals surface area contributed by atoms with E-state index in [-0.39, 0.29) is 33.1 Å². The number of likely N-dealkylation sites (N-methyl/N-ethyl adjacent to an activating group) is 1. The number of carbonyl (C=O) groups is 2. The van der Waals surface area contributed by atoms with Gasteiger partial charge in [0.05, 0.1) is 20.6 Å². The van der Waals surface area contributed by atoms with Crippen LogP contribution < -0.4 is 9.62 Å². The fourth-order valence-electron chi connectivity index (χ4n) is 3.98. The number of amides is 2. The van der Waals surface area contributed by atoms with Crippen LogP contribution in [-0.4, -0.2) is 51.3 Å². The maximum Gasteiger partial charge on any atom is 0.264 e. The van der Waals surface area contributed by atoms with Crippen LogP contribution in [-0.2, 0) is 26.0 Å². The highest BCUT2D eigenvalue weighted by Crippen LogP contribution is 2.35. The van der Waals surface area contributed by atoms with E-state index >= 15 is 0 Å². The van der Waals surface area contributed by atoms with Crippen molar-refractivity contribution in [1.82, 2.24) is 10.2 Å². The molecule has 37 heavy (non-hydrogen) atoms. The number of rotatable bonds is 11. The second kappa shape index (κ2) is 12.9. The zero-order valence-corrected chi connectivity index (χ0v) is 22.9. The second-order valence-corrected chi connectivity index (χ2v) is 10.9. The van der Waals surface area contributed by atoms with Crippen molar-refractivity contribution < 1.29 is 18.0 Å². The Morgan fingerprint density at radius 3 is 2.14 bits per heavy atom. The lowest BCUT2D eigenvalue weighted by Gasteiger charge is -2.33. The molecule has 1 atom stereocenters. The van der Waals surface area contributed by atoms with Crippen molar-refractivity contribution in [3.05, 3.63) is 94.5 Å². The van der Waals surface area contributed by atoms with Crippen molar-refractivity contribution in [2.45, 2.75) is 30.7 Å². The Hall–Kier alpha value is -3.07. The summed E-state index contributed by atoms with van der Waals surface area (Å²) < 4.78 is 28.4. The lowest BCUT2D eigenvalue weighted by Crippen LogP contribution is -2.52. The molecule has 0 saturated heterocycles. The van der Waals surface area contributed by atoms with E-state index in [0.717, 1.165) is 9.87 Å². The van der Waals surface area contributed by atoms with Gasteiger partial charge < -0.3 is 10.2 Å². The molecule has 7 nitrogen and oxygen atoms in total. The van der Waals surface area contributed by atoms with Crippen LogP contribution in [0.4, 0.5) is 5.69 Å². The predicted molar refractivity (Wildman–Crippen MR) is 147 cm³/mol. The van der Waals surface area contributed by atoms with Crippen molar-refractivity contribution in [3.8, 4) is 0 Å². The van der Waals surface area contributed by atoms with Crippen LogP contribution in [0.5, 0.6) is 0 Å². The van der Waals surface area contributed by atoms with Gasteiger partial charge in [-0.3, -0.25) is 13.9 Å². The summed E-state index contributed by atoms with van der Waals surface area (Å²) in [5.41, 5.74) is 1.06. The number of benzene rings is 3.